The Bertz CT molecular complexity index is 1040. The van der Waals surface area contributed by atoms with Crippen LogP contribution in [0.4, 0.5) is 0 Å². The van der Waals surface area contributed by atoms with Gasteiger partial charge in [0.1, 0.15) is 6.61 Å². The molecule has 0 fully saturated rings. The molecule has 8 nitrogen and oxygen atoms in total. The fraction of sp³-hybridized carbons (Fsp3) is 0.727. The number of rotatable bonds is 38. The lowest BCUT2D eigenvalue weighted by Crippen LogP contribution is -2.29. The van der Waals surface area contributed by atoms with Crippen molar-refractivity contribution in [1.82, 2.24) is 0 Å². The van der Waals surface area contributed by atoms with Crippen LogP contribution in [0.15, 0.2) is 60.8 Å². The average Bonchev–Trinajstić information content (AvgIpc) is 3.13. The molecule has 0 saturated carbocycles. The van der Waals surface area contributed by atoms with Crippen molar-refractivity contribution in [3.8, 4) is 0 Å². The van der Waals surface area contributed by atoms with Crippen molar-refractivity contribution in [3.63, 3.8) is 0 Å². The van der Waals surface area contributed by atoms with Crippen LogP contribution in [0.3, 0.4) is 0 Å². The largest absolute Gasteiger partial charge is 0.469 e. The average molecular weight is 765 g/mol. The van der Waals surface area contributed by atoms with Gasteiger partial charge in [0.05, 0.1) is 6.61 Å². The molecular formula is C44H77O8P. The van der Waals surface area contributed by atoms with Gasteiger partial charge in [-0.15, -0.1) is 0 Å². The molecule has 9 heteroatoms. The van der Waals surface area contributed by atoms with Crippen molar-refractivity contribution in [1.29, 1.82) is 0 Å². The number of phosphoric acid groups is 1. The lowest BCUT2D eigenvalue weighted by atomic mass is 10.0. The van der Waals surface area contributed by atoms with Gasteiger partial charge in [-0.1, -0.05) is 184 Å². The number of carbonyl (C=O) groups excluding carboxylic acids is 2. The zero-order valence-corrected chi connectivity index (χ0v) is 34.5. The van der Waals surface area contributed by atoms with Gasteiger partial charge < -0.3 is 19.3 Å². The molecule has 0 saturated heterocycles. The third-order valence-electron chi connectivity index (χ3n) is 8.80. The van der Waals surface area contributed by atoms with Crippen LogP contribution in [0.5, 0.6) is 0 Å². The summed E-state index contributed by atoms with van der Waals surface area (Å²) in [6, 6.07) is 0. The molecule has 0 heterocycles. The van der Waals surface area contributed by atoms with Crippen LogP contribution in [0.1, 0.15) is 187 Å². The summed E-state index contributed by atoms with van der Waals surface area (Å²) < 4.78 is 26.3. The highest BCUT2D eigenvalue weighted by Crippen LogP contribution is 2.36. The highest BCUT2D eigenvalue weighted by atomic mass is 31.2. The second kappa shape index (κ2) is 39.4. The molecule has 0 aromatic carbocycles. The van der Waals surface area contributed by atoms with Crippen LogP contribution >= 0.6 is 7.82 Å². The molecule has 0 amide bonds. The lowest BCUT2D eigenvalue weighted by Gasteiger charge is -2.18. The quantitative estimate of drug-likeness (QED) is 0.0276. The highest BCUT2D eigenvalue weighted by Gasteiger charge is 2.22. The third-order valence-corrected chi connectivity index (χ3v) is 9.29. The van der Waals surface area contributed by atoms with E-state index in [9.17, 15) is 14.2 Å². The van der Waals surface area contributed by atoms with E-state index >= 15 is 0 Å². The standard InChI is InChI=1S/C44H77O8P/c1-3-5-7-9-11-13-15-17-19-21-23-25-27-29-31-33-35-37-39-44(46)52-42(41-51-53(47,48)49)40-50-43(45)38-36-34-32-30-28-26-24-22-20-18-16-14-12-10-8-6-4-2/h6,8,12,14,18,20,24,26,30,32,42H,3-5,7,9-11,13,15-17,19,21-23,25,27-29,31,33-41H2,1-2H3,(H2,47,48,49)/b8-6+,14-12+,20-18+,26-24+,32-30+/t42-/m1/s1. The summed E-state index contributed by atoms with van der Waals surface area (Å²) in [5.74, 6) is -0.951. The Morgan fingerprint density at radius 3 is 1.34 bits per heavy atom. The molecule has 0 aromatic heterocycles. The van der Waals surface area contributed by atoms with Gasteiger partial charge in [-0.25, -0.2) is 4.57 Å². The summed E-state index contributed by atoms with van der Waals surface area (Å²) in [6.45, 7) is 3.53. The van der Waals surface area contributed by atoms with Gasteiger partial charge >= 0.3 is 19.8 Å². The SMILES string of the molecule is CC/C=C/C/C=C/C/C=C/C/C=C/C/C=C/CCCC(=O)OC[C@H](COP(=O)(O)O)OC(=O)CCCCCCCCCCCCCCCCCCCC. The van der Waals surface area contributed by atoms with Crippen molar-refractivity contribution in [3.05, 3.63) is 60.8 Å². The summed E-state index contributed by atoms with van der Waals surface area (Å²) in [5, 5.41) is 0. The number of carbonyl (C=O) groups is 2. The number of ether oxygens (including phenoxy) is 2. The van der Waals surface area contributed by atoms with Gasteiger partial charge in [0.25, 0.3) is 0 Å². The summed E-state index contributed by atoms with van der Waals surface area (Å²) in [5.41, 5.74) is 0. The van der Waals surface area contributed by atoms with Gasteiger partial charge in [0, 0.05) is 12.8 Å². The zero-order valence-electron chi connectivity index (χ0n) is 33.6. The van der Waals surface area contributed by atoms with E-state index in [0.29, 0.717) is 12.8 Å². The normalized spacial score (nSPS) is 13.1. The predicted molar refractivity (Wildman–Crippen MR) is 221 cm³/mol. The minimum atomic E-state index is -4.77. The van der Waals surface area contributed by atoms with Crippen molar-refractivity contribution < 1.29 is 37.9 Å². The van der Waals surface area contributed by atoms with Crippen molar-refractivity contribution in [2.24, 2.45) is 0 Å². The predicted octanol–water partition coefficient (Wildman–Crippen LogP) is 12.9. The van der Waals surface area contributed by atoms with E-state index < -0.39 is 32.5 Å². The number of hydrogen-bond donors (Lipinski definition) is 2. The second-order valence-electron chi connectivity index (χ2n) is 13.9. The Morgan fingerprint density at radius 1 is 0.509 bits per heavy atom. The Balaban J connectivity index is 3.99. The number of unbranched alkanes of at least 4 members (excludes halogenated alkanes) is 18. The van der Waals surface area contributed by atoms with Gasteiger partial charge in [0.2, 0.25) is 0 Å². The molecule has 0 aliphatic heterocycles. The monoisotopic (exact) mass is 765 g/mol. The fourth-order valence-corrected chi connectivity index (χ4v) is 6.06. The Morgan fingerprint density at radius 2 is 0.906 bits per heavy atom. The molecule has 0 aliphatic carbocycles. The van der Waals surface area contributed by atoms with E-state index in [2.05, 4.69) is 73.1 Å². The molecule has 0 bridgehead atoms. The number of esters is 2. The van der Waals surface area contributed by atoms with Crippen molar-refractivity contribution in [2.75, 3.05) is 13.2 Å². The van der Waals surface area contributed by atoms with Gasteiger partial charge in [0.15, 0.2) is 6.10 Å². The Hall–Kier alpha value is -2.25. The molecule has 306 valence electrons. The second-order valence-corrected chi connectivity index (χ2v) is 15.2. The van der Waals surface area contributed by atoms with Crippen molar-refractivity contribution in [2.45, 2.75) is 193 Å². The first kappa shape index (κ1) is 50.8. The lowest BCUT2D eigenvalue weighted by molar-refractivity contribution is -0.161. The van der Waals surface area contributed by atoms with Crippen LogP contribution < -0.4 is 0 Å². The number of phosphoric ester groups is 1. The first-order valence-corrected chi connectivity index (χ1v) is 22.6. The zero-order chi connectivity index (χ0) is 38.9. The first-order valence-electron chi connectivity index (χ1n) is 21.1. The van der Waals surface area contributed by atoms with E-state index in [1.54, 1.807) is 0 Å². The summed E-state index contributed by atoms with van der Waals surface area (Å²) in [6.07, 6.45) is 49.5. The molecule has 53 heavy (non-hydrogen) atoms. The molecular weight excluding hydrogens is 687 g/mol. The van der Waals surface area contributed by atoms with Gasteiger partial charge in [-0.05, 0) is 51.4 Å². The van der Waals surface area contributed by atoms with E-state index in [1.807, 2.05) is 6.08 Å². The minimum Gasteiger partial charge on any atom is -0.462 e. The minimum absolute atomic E-state index is 0.188. The van der Waals surface area contributed by atoms with Crippen LogP contribution in [-0.4, -0.2) is 41.0 Å². The van der Waals surface area contributed by atoms with Crippen LogP contribution in [0.2, 0.25) is 0 Å². The molecule has 0 radical (unpaired) electrons. The molecule has 0 unspecified atom stereocenters. The van der Waals surface area contributed by atoms with Crippen LogP contribution in [0, 0.1) is 0 Å². The Kier molecular flexibility index (Phi) is 37.8. The highest BCUT2D eigenvalue weighted by molar-refractivity contribution is 7.46. The van der Waals surface area contributed by atoms with Crippen molar-refractivity contribution >= 4 is 19.8 Å². The Labute approximate surface area is 324 Å². The molecule has 0 rings (SSSR count). The van der Waals surface area contributed by atoms with E-state index in [1.165, 1.54) is 89.9 Å². The van der Waals surface area contributed by atoms with E-state index in [-0.39, 0.29) is 19.4 Å². The fourth-order valence-electron chi connectivity index (χ4n) is 5.70. The maximum Gasteiger partial charge on any atom is 0.469 e. The van der Waals surface area contributed by atoms with Gasteiger partial charge in [-0.3, -0.25) is 14.1 Å². The topological polar surface area (TPSA) is 119 Å². The molecule has 2 N–H and O–H groups in total. The maximum absolute atomic E-state index is 12.4. The number of hydrogen-bond acceptors (Lipinski definition) is 6. The summed E-state index contributed by atoms with van der Waals surface area (Å²) >= 11 is 0. The van der Waals surface area contributed by atoms with Crippen LogP contribution in [0.25, 0.3) is 0 Å². The molecule has 1 atom stereocenters. The third kappa shape index (κ3) is 42.4. The van der Waals surface area contributed by atoms with Crippen LogP contribution in [-0.2, 0) is 28.2 Å². The number of allylic oxidation sites excluding steroid dienone is 10. The summed E-state index contributed by atoms with van der Waals surface area (Å²) in [4.78, 5) is 42.8. The van der Waals surface area contributed by atoms with E-state index in [4.69, 9.17) is 19.3 Å². The van der Waals surface area contributed by atoms with E-state index in [0.717, 1.165) is 57.8 Å². The molecule has 0 spiro atoms. The van der Waals surface area contributed by atoms with Gasteiger partial charge in [-0.2, -0.15) is 0 Å². The molecule has 0 aromatic rings. The first-order chi connectivity index (χ1) is 25.8. The molecule has 0 aliphatic rings. The maximum atomic E-state index is 12.4. The summed E-state index contributed by atoms with van der Waals surface area (Å²) in [7, 11) is -4.77. The smallest absolute Gasteiger partial charge is 0.462 e.